The number of aromatic nitrogens is 2. The summed E-state index contributed by atoms with van der Waals surface area (Å²) in [7, 11) is 0. The van der Waals surface area contributed by atoms with Gasteiger partial charge in [-0.1, -0.05) is 12.1 Å². The van der Waals surface area contributed by atoms with E-state index in [2.05, 4.69) is 9.97 Å². The molecule has 0 saturated heterocycles. The second-order valence-corrected chi connectivity index (χ2v) is 4.32. The molecule has 0 amide bonds. The van der Waals surface area contributed by atoms with Gasteiger partial charge in [0.25, 0.3) is 0 Å². The smallest absolute Gasteiger partial charge is 0.215 e. The zero-order valence-electron chi connectivity index (χ0n) is 10.4. The molecule has 0 aliphatic rings. The Morgan fingerprint density at radius 2 is 1.17 bits per heavy atom. The third kappa shape index (κ3) is 2.88. The summed E-state index contributed by atoms with van der Waals surface area (Å²) in [6.45, 7) is 3.34. The van der Waals surface area contributed by atoms with Gasteiger partial charge in [-0.05, 0) is 38.8 Å². The first-order valence-corrected chi connectivity index (χ1v) is 5.80. The summed E-state index contributed by atoms with van der Waals surface area (Å²) in [5.74, 6) is -0.897. The first-order chi connectivity index (χ1) is 8.56. The lowest BCUT2D eigenvalue weighted by Gasteiger charge is -2.03. The van der Waals surface area contributed by atoms with E-state index >= 15 is 0 Å². The SMILES string of the molecule is Cc1ccc(CCc2ccc(C)c(F)n2)nc1F. The molecular weight excluding hydrogens is 234 g/mol. The Morgan fingerprint density at radius 1 is 0.778 bits per heavy atom. The summed E-state index contributed by atoms with van der Waals surface area (Å²) in [5, 5.41) is 0. The predicted molar refractivity (Wildman–Crippen MR) is 65.3 cm³/mol. The zero-order valence-corrected chi connectivity index (χ0v) is 10.4. The lowest BCUT2D eigenvalue weighted by Crippen LogP contribution is -2.01. The van der Waals surface area contributed by atoms with Crippen LogP contribution in [0.1, 0.15) is 22.5 Å². The molecule has 0 N–H and O–H groups in total. The average molecular weight is 248 g/mol. The molecule has 2 aromatic heterocycles. The lowest BCUT2D eigenvalue weighted by atomic mass is 10.1. The van der Waals surface area contributed by atoms with E-state index in [-0.39, 0.29) is 0 Å². The number of hydrogen-bond acceptors (Lipinski definition) is 2. The molecule has 94 valence electrons. The van der Waals surface area contributed by atoms with Crippen LogP contribution in [0.2, 0.25) is 0 Å². The normalized spacial score (nSPS) is 10.7. The maximum atomic E-state index is 13.2. The number of nitrogens with zero attached hydrogens (tertiary/aromatic N) is 2. The van der Waals surface area contributed by atoms with E-state index in [0.29, 0.717) is 35.4 Å². The highest BCUT2D eigenvalue weighted by Gasteiger charge is 2.04. The zero-order chi connectivity index (χ0) is 13.1. The van der Waals surface area contributed by atoms with Gasteiger partial charge in [-0.3, -0.25) is 0 Å². The highest BCUT2D eigenvalue weighted by Crippen LogP contribution is 2.09. The van der Waals surface area contributed by atoms with Crippen LogP contribution in [-0.4, -0.2) is 9.97 Å². The molecule has 0 aromatic carbocycles. The fourth-order valence-corrected chi connectivity index (χ4v) is 1.62. The molecule has 0 aliphatic heterocycles. The van der Waals surface area contributed by atoms with Crippen LogP contribution in [-0.2, 0) is 12.8 Å². The van der Waals surface area contributed by atoms with Crippen LogP contribution < -0.4 is 0 Å². The third-order valence-electron chi connectivity index (χ3n) is 2.82. The molecular formula is C14H14F2N2. The topological polar surface area (TPSA) is 25.8 Å². The maximum Gasteiger partial charge on any atom is 0.215 e. The third-order valence-corrected chi connectivity index (χ3v) is 2.82. The predicted octanol–water partition coefficient (Wildman–Crippen LogP) is 3.16. The van der Waals surface area contributed by atoms with Crippen molar-refractivity contribution in [3.8, 4) is 0 Å². The van der Waals surface area contributed by atoms with E-state index in [1.807, 2.05) is 0 Å². The van der Waals surface area contributed by atoms with Crippen molar-refractivity contribution in [1.29, 1.82) is 0 Å². The summed E-state index contributed by atoms with van der Waals surface area (Å²) in [6.07, 6.45) is 1.10. The molecule has 0 saturated carbocycles. The number of hydrogen-bond donors (Lipinski definition) is 0. The second kappa shape index (κ2) is 5.21. The van der Waals surface area contributed by atoms with Crippen molar-refractivity contribution in [2.75, 3.05) is 0 Å². The number of pyridine rings is 2. The van der Waals surface area contributed by atoms with Gasteiger partial charge in [0, 0.05) is 22.5 Å². The van der Waals surface area contributed by atoms with E-state index in [0.717, 1.165) is 0 Å². The van der Waals surface area contributed by atoms with Crippen LogP contribution in [0.15, 0.2) is 24.3 Å². The Kier molecular flexibility index (Phi) is 3.65. The van der Waals surface area contributed by atoms with Gasteiger partial charge in [0.15, 0.2) is 0 Å². The summed E-state index contributed by atoms with van der Waals surface area (Å²) < 4.78 is 26.5. The molecule has 0 spiro atoms. The highest BCUT2D eigenvalue weighted by atomic mass is 19.1. The molecule has 0 fully saturated rings. The van der Waals surface area contributed by atoms with Crippen molar-refractivity contribution < 1.29 is 8.78 Å². The van der Waals surface area contributed by atoms with Gasteiger partial charge in [-0.25, -0.2) is 9.97 Å². The van der Waals surface area contributed by atoms with Crippen molar-refractivity contribution >= 4 is 0 Å². The lowest BCUT2D eigenvalue weighted by molar-refractivity contribution is 0.560. The molecule has 2 aromatic rings. The van der Waals surface area contributed by atoms with Crippen LogP contribution in [0.5, 0.6) is 0 Å². The Morgan fingerprint density at radius 3 is 1.50 bits per heavy atom. The van der Waals surface area contributed by atoms with Crippen molar-refractivity contribution in [1.82, 2.24) is 9.97 Å². The van der Waals surface area contributed by atoms with E-state index in [1.165, 1.54) is 0 Å². The fraction of sp³-hybridized carbons (Fsp3) is 0.286. The number of rotatable bonds is 3. The Hall–Kier alpha value is -1.84. The van der Waals surface area contributed by atoms with Gasteiger partial charge < -0.3 is 0 Å². The summed E-state index contributed by atoms with van der Waals surface area (Å²) in [5.41, 5.74) is 2.36. The van der Waals surface area contributed by atoms with Crippen molar-refractivity contribution in [3.05, 3.63) is 58.7 Å². The minimum atomic E-state index is -0.449. The Balaban J connectivity index is 2.06. The molecule has 18 heavy (non-hydrogen) atoms. The van der Waals surface area contributed by atoms with Gasteiger partial charge in [0.2, 0.25) is 11.9 Å². The van der Waals surface area contributed by atoms with Crippen LogP contribution in [0, 0.1) is 25.7 Å². The van der Waals surface area contributed by atoms with Gasteiger partial charge in [-0.15, -0.1) is 0 Å². The molecule has 2 rings (SSSR count). The van der Waals surface area contributed by atoms with Gasteiger partial charge in [0.1, 0.15) is 0 Å². The van der Waals surface area contributed by atoms with Crippen LogP contribution >= 0.6 is 0 Å². The van der Waals surface area contributed by atoms with E-state index in [1.54, 1.807) is 38.1 Å². The first kappa shape index (κ1) is 12.6. The minimum Gasteiger partial charge on any atom is -0.225 e. The largest absolute Gasteiger partial charge is 0.225 e. The molecule has 0 atom stereocenters. The molecule has 0 aliphatic carbocycles. The monoisotopic (exact) mass is 248 g/mol. The van der Waals surface area contributed by atoms with Gasteiger partial charge in [-0.2, -0.15) is 8.78 Å². The first-order valence-electron chi connectivity index (χ1n) is 5.80. The summed E-state index contributed by atoms with van der Waals surface area (Å²) >= 11 is 0. The molecule has 0 radical (unpaired) electrons. The van der Waals surface area contributed by atoms with Gasteiger partial charge >= 0.3 is 0 Å². The molecule has 2 heterocycles. The number of halogens is 2. The average Bonchev–Trinajstić information content (AvgIpc) is 2.35. The summed E-state index contributed by atoms with van der Waals surface area (Å²) in [6, 6.07) is 6.95. The maximum absolute atomic E-state index is 13.2. The number of aryl methyl sites for hydroxylation is 4. The van der Waals surface area contributed by atoms with Crippen molar-refractivity contribution in [2.45, 2.75) is 26.7 Å². The van der Waals surface area contributed by atoms with E-state index in [4.69, 9.17) is 0 Å². The summed E-state index contributed by atoms with van der Waals surface area (Å²) in [4.78, 5) is 7.68. The Labute approximate surface area is 105 Å². The van der Waals surface area contributed by atoms with E-state index in [9.17, 15) is 8.78 Å². The van der Waals surface area contributed by atoms with Gasteiger partial charge in [0.05, 0.1) is 0 Å². The van der Waals surface area contributed by atoms with Crippen LogP contribution in [0.25, 0.3) is 0 Å². The van der Waals surface area contributed by atoms with Crippen LogP contribution in [0.4, 0.5) is 8.78 Å². The second-order valence-electron chi connectivity index (χ2n) is 4.32. The van der Waals surface area contributed by atoms with Crippen molar-refractivity contribution in [3.63, 3.8) is 0 Å². The minimum absolute atomic E-state index is 0.449. The molecule has 4 heteroatoms. The Bertz CT molecular complexity index is 516. The molecule has 0 unspecified atom stereocenters. The van der Waals surface area contributed by atoms with E-state index < -0.39 is 11.9 Å². The van der Waals surface area contributed by atoms with Crippen LogP contribution in [0.3, 0.4) is 0 Å². The standard InChI is InChI=1S/C14H14F2N2/c1-9-3-5-11(17-13(9)15)7-8-12-6-4-10(2)14(16)18-12/h3-6H,7-8H2,1-2H3. The molecule has 0 bridgehead atoms. The highest BCUT2D eigenvalue weighted by molar-refractivity contribution is 5.17. The fourth-order valence-electron chi connectivity index (χ4n) is 1.62. The van der Waals surface area contributed by atoms with Crippen molar-refractivity contribution in [2.24, 2.45) is 0 Å². The quantitative estimate of drug-likeness (QED) is 0.780. The molecule has 2 nitrogen and oxygen atoms in total.